The van der Waals surface area contributed by atoms with Gasteiger partial charge in [0.2, 0.25) is 0 Å². The lowest BCUT2D eigenvalue weighted by Crippen LogP contribution is -2.33. The van der Waals surface area contributed by atoms with E-state index in [1.54, 1.807) is 0 Å². The van der Waals surface area contributed by atoms with Gasteiger partial charge in [-0.3, -0.25) is 0 Å². The molecule has 2 atom stereocenters. The molecule has 0 aliphatic carbocycles. The quantitative estimate of drug-likeness (QED) is 0.629. The molecule has 0 aliphatic heterocycles. The lowest BCUT2D eigenvalue weighted by Gasteiger charge is -2.31. The summed E-state index contributed by atoms with van der Waals surface area (Å²) in [4.78, 5) is 0. The minimum Gasteiger partial charge on any atom is -0.392 e. The van der Waals surface area contributed by atoms with Gasteiger partial charge in [0, 0.05) is 5.41 Å². The van der Waals surface area contributed by atoms with Crippen LogP contribution in [0.5, 0.6) is 0 Å². The SMILES string of the molecule is C=CC(C)(C)C(O)C(C)CCC. The molecule has 1 N–H and O–H groups in total. The van der Waals surface area contributed by atoms with E-state index < -0.39 is 0 Å². The van der Waals surface area contributed by atoms with Crippen LogP contribution in [-0.4, -0.2) is 11.2 Å². The van der Waals surface area contributed by atoms with Gasteiger partial charge in [-0.05, 0) is 12.3 Å². The standard InChI is InChI=1S/C11H22O/c1-6-8-9(3)10(12)11(4,5)7-2/h7,9-10,12H,2,6,8H2,1,3-5H3. The maximum Gasteiger partial charge on any atom is 0.0650 e. The van der Waals surface area contributed by atoms with Gasteiger partial charge in [0.25, 0.3) is 0 Å². The maximum absolute atomic E-state index is 9.91. The lowest BCUT2D eigenvalue weighted by atomic mass is 9.79. The van der Waals surface area contributed by atoms with Crippen molar-refractivity contribution in [3.8, 4) is 0 Å². The Morgan fingerprint density at radius 3 is 2.33 bits per heavy atom. The molecule has 0 heterocycles. The third-order valence-electron chi connectivity index (χ3n) is 2.57. The Kier molecular flexibility index (Phi) is 4.54. The van der Waals surface area contributed by atoms with Crippen molar-refractivity contribution in [1.29, 1.82) is 0 Å². The zero-order valence-corrected chi connectivity index (χ0v) is 8.80. The molecule has 1 heteroatoms. The molecule has 0 saturated heterocycles. The van der Waals surface area contributed by atoms with Crippen LogP contribution in [0.25, 0.3) is 0 Å². The number of hydrogen-bond donors (Lipinski definition) is 1. The van der Waals surface area contributed by atoms with E-state index in [0.29, 0.717) is 5.92 Å². The summed E-state index contributed by atoms with van der Waals surface area (Å²) in [6.45, 7) is 12.0. The Morgan fingerprint density at radius 1 is 1.50 bits per heavy atom. The second-order valence-electron chi connectivity index (χ2n) is 4.24. The smallest absolute Gasteiger partial charge is 0.0650 e. The average Bonchev–Trinajstić information content (AvgIpc) is 2.03. The van der Waals surface area contributed by atoms with Gasteiger partial charge in [-0.25, -0.2) is 0 Å². The number of aliphatic hydroxyl groups is 1. The molecule has 0 rings (SSSR count). The predicted octanol–water partition coefficient (Wildman–Crippen LogP) is 3.00. The fourth-order valence-corrected chi connectivity index (χ4v) is 1.47. The Labute approximate surface area is 76.5 Å². The molecule has 0 spiro atoms. The van der Waals surface area contributed by atoms with Crippen molar-refractivity contribution >= 4 is 0 Å². The molecule has 0 amide bonds. The predicted molar refractivity (Wildman–Crippen MR) is 54.1 cm³/mol. The topological polar surface area (TPSA) is 20.2 Å². The summed E-state index contributed by atoms with van der Waals surface area (Å²) in [5.41, 5.74) is -0.158. The number of hydrogen-bond acceptors (Lipinski definition) is 1. The molecule has 0 radical (unpaired) electrons. The van der Waals surface area contributed by atoms with Gasteiger partial charge < -0.3 is 5.11 Å². The van der Waals surface area contributed by atoms with E-state index in [1.165, 1.54) is 0 Å². The van der Waals surface area contributed by atoms with Crippen LogP contribution in [0.2, 0.25) is 0 Å². The first-order valence-corrected chi connectivity index (χ1v) is 4.77. The highest BCUT2D eigenvalue weighted by molar-refractivity contribution is 4.94. The Hall–Kier alpha value is -0.300. The molecule has 0 saturated carbocycles. The highest BCUT2D eigenvalue weighted by Crippen LogP contribution is 2.28. The Morgan fingerprint density at radius 2 is 2.00 bits per heavy atom. The summed E-state index contributed by atoms with van der Waals surface area (Å²) in [6, 6.07) is 0. The summed E-state index contributed by atoms with van der Waals surface area (Å²) >= 11 is 0. The second kappa shape index (κ2) is 4.66. The molecular formula is C11H22O. The van der Waals surface area contributed by atoms with Crippen LogP contribution >= 0.6 is 0 Å². The van der Waals surface area contributed by atoms with Gasteiger partial charge >= 0.3 is 0 Å². The third kappa shape index (κ3) is 2.98. The van der Waals surface area contributed by atoms with E-state index in [1.807, 2.05) is 19.9 Å². The summed E-state index contributed by atoms with van der Waals surface area (Å²) in [7, 11) is 0. The summed E-state index contributed by atoms with van der Waals surface area (Å²) in [6.07, 6.45) is 3.78. The van der Waals surface area contributed by atoms with Crippen LogP contribution in [0, 0.1) is 11.3 Å². The van der Waals surface area contributed by atoms with E-state index in [2.05, 4.69) is 20.4 Å². The summed E-state index contributed by atoms with van der Waals surface area (Å²) in [5.74, 6) is 0.364. The molecule has 0 aromatic carbocycles. The molecule has 12 heavy (non-hydrogen) atoms. The van der Waals surface area contributed by atoms with Crippen LogP contribution in [0.15, 0.2) is 12.7 Å². The van der Waals surface area contributed by atoms with Crippen LogP contribution < -0.4 is 0 Å². The van der Waals surface area contributed by atoms with E-state index >= 15 is 0 Å². The largest absolute Gasteiger partial charge is 0.392 e. The van der Waals surface area contributed by atoms with Gasteiger partial charge in [-0.15, -0.1) is 6.58 Å². The molecule has 72 valence electrons. The van der Waals surface area contributed by atoms with Gasteiger partial charge in [0.1, 0.15) is 0 Å². The van der Waals surface area contributed by atoms with Gasteiger partial charge in [0.15, 0.2) is 0 Å². The number of rotatable bonds is 5. The van der Waals surface area contributed by atoms with Crippen molar-refractivity contribution < 1.29 is 5.11 Å². The molecule has 0 aromatic heterocycles. The summed E-state index contributed by atoms with van der Waals surface area (Å²) < 4.78 is 0. The van der Waals surface area contributed by atoms with E-state index in [4.69, 9.17) is 0 Å². The maximum atomic E-state index is 9.91. The summed E-state index contributed by atoms with van der Waals surface area (Å²) in [5, 5.41) is 9.91. The minimum atomic E-state index is -0.269. The Balaban J connectivity index is 4.16. The first-order chi connectivity index (χ1) is 5.45. The van der Waals surface area contributed by atoms with Crippen molar-refractivity contribution in [2.45, 2.75) is 46.6 Å². The third-order valence-corrected chi connectivity index (χ3v) is 2.57. The Bertz CT molecular complexity index is 138. The highest BCUT2D eigenvalue weighted by atomic mass is 16.3. The van der Waals surface area contributed by atoms with Crippen LogP contribution in [0.3, 0.4) is 0 Å². The normalized spacial score (nSPS) is 17.1. The number of aliphatic hydroxyl groups excluding tert-OH is 1. The molecule has 0 bridgehead atoms. The monoisotopic (exact) mass is 170 g/mol. The molecule has 2 unspecified atom stereocenters. The van der Waals surface area contributed by atoms with Crippen LogP contribution in [0.1, 0.15) is 40.5 Å². The van der Waals surface area contributed by atoms with Crippen LogP contribution in [-0.2, 0) is 0 Å². The van der Waals surface area contributed by atoms with Crippen LogP contribution in [0.4, 0.5) is 0 Å². The zero-order valence-electron chi connectivity index (χ0n) is 8.80. The van der Waals surface area contributed by atoms with Gasteiger partial charge in [-0.2, -0.15) is 0 Å². The minimum absolute atomic E-state index is 0.158. The van der Waals surface area contributed by atoms with Crippen molar-refractivity contribution in [2.75, 3.05) is 0 Å². The first-order valence-electron chi connectivity index (χ1n) is 4.77. The highest BCUT2D eigenvalue weighted by Gasteiger charge is 2.28. The first kappa shape index (κ1) is 11.7. The average molecular weight is 170 g/mol. The van der Waals surface area contributed by atoms with Gasteiger partial charge in [0.05, 0.1) is 6.10 Å². The zero-order chi connectivity index (χ0) is 9.78. The van der Waals surface area contributed by atoms with Crippen molar-refractivity contribution in [3.05, 3.63) is 12.7 Å². The van der Waals surface area contributed by atoms with Crippen molar-refractivity contribution in [3.63, 3.8) is 0 Å². The van der Waals surface area contributed by atoms with E-state index in [-0.39, 0.29) is 11.5 Å². The lowest BCUT2D eigenvalue weighted by molar-refractivity contribution is 0.0310. The molecule has 0 fully saturated rings. The molecule has 1 nitrogen and oxygen atoms in total. The fourth-order valence-electron chi connectivity index (χ4n) is 1.47. The molecule has 0 aliphatic rings. The van der Waals surface area contributed by atoms with E-state index in [0.717, 1.165) is 12.8 Å². The fraction of sp³-hybridized carbons (Fsp3) is 0.818. The molecule has 0 aromatic rings. The second-order valence-corrected chi connectivity index (χ2v) is 4.24. The molecular weight excluding hydrogens is 148 g/mol. The van der Waals surface area contributed by atoms with E-state index in [9.17, 15) is 5.11 Å². The van der Waals surface area contributed by atoms with Gasteiger partial charge in [-0.1, -0.05) is 40.2 Å². The van der Waals surface area contributed by atoms with Crippen molar-refractivity contribution in [2.24, 2.45) is 11.3 Å². The van der Waals surface area contributed by atoms with Crippen molar-refractivity contribution in [1.82, 2.24) is 0 Å².